The molecule has 1 fully saturated rings. The third-order valence-corrected chi connectivity index (χ3v) is 5.25. The van der Waals surface area contributed by atoms with Gasteiger partial charge >= 0.3 is 12.0 Å². The van der Waals surface area contributed by atoms with Gasteiger partial charge in [0.25, 0.3) is 11.8 Å². The third kappa shape index (κ3) is 5.72. The third-order valence-electron chi connectivity index (χ3n) is 5.25. The normalized spacial score (nSPS) is 14.9. The van der Waals surface area contributed by atoms with Crippen LogP contribution in [0.3, 0.4) is 0 Å². The van der Waals surface area contributed by atoms with Gasteiger partial charge < -0.3 is 15.4 Å². The van der Waals surface area contributed by atoms with Gasteiger partial charge in [-0.05, 0) is 31.4 Å². The van der Waals surface area contributed by atoms with Gasteiger partial charge in [0.1, 0.15) is 12.1 Å². The molecule has 2 N–H and O–H groups in total. The average Bonchev–Trinajstić information content (AvgIpc) is 2.98. The van der Waals surface area contributed by atoms with E-state index in [2.05, 4.69) is 34.9 Å². The highest BCUT2D eigenvalue weighted by molar-refractivity contribution is 6.08. The summed E-state index contributed by atoms with van der Waals surface area (Å²) in [5.74, 6) is -1.68. The van der Waals surface area contributed by atoms with Crippen molar-refractivity contribution in [2.45, 2.75) is 31.7 Å². The number of urea groups is 1. The van der Waals surface area contributed by atoms with E-state index in [1.165, 1.54) is 0 Å². The second-order valence-electron chi connectivity index (χ2n) is 8.12. The van der Waals surface area contributed by atoms with Crippen molar-refractivity contribution >= 4 is 23.8 Å². The Bertz CT molecular complexity index is 936. The first-order valence-electron chi connectivity index (χ1n) is 10.4. The van der Waals surface area contributed by atoms with E-state index in [1.807, 2.05) is 36.4 Å². The molecule has 1 aliphatic rings. The van der Waals surface area contributed by atoms with Crippen LogP contribution in [0.15, 0.2) is 60.7 Å². The fourth-order valence-corrected chi connectivity index (χ4v) is 3.59. The van der Waals surface area contributed by atoms with E-state index in [1.54, 1.807) is 13.8 Å². The minimum absolute atomic E-state index is 0.114. The summed E-state index contributed by atoms with van der Waals surface area (Å²) in [4.78, 5) is 48.8. The van der Waals surface area contributed by atoms with E-state index < -0.39 is 42.5 Å². The molecule has 0 bridgehead atoms. The van der Waals surface area contributed by atoms with Crippen LogP contribution in [-0.2, 0) is 19.1 Å². The van der Waals surface area contributed by atoms with E-state index in [4.69, 9.17) is 4.74 Å². The van der Waals surface area contributed by atoms with Gasteiger partial charge in [-0.15, -0.1) is 0 Å². The molecule has 0 aromatic heterocycles. The number of ether oxygens (including phenoxy) is 1. The lowest BCUT2D eigenvalue weighted by atomic mass is 9.88. The highest BCUT2D eigenvalue weighted by atomic mass is 16.5. The van der Waals surface area contributed by atoms with Crippen molar-refractivity contribution in [3.8, 4) is 0 Å². The van der Waals surface area contributed by atoms with Crippen LogP contribution in [0.1, 0.15) is 37.3 Å². The predicted octanol–water partition coefficient (Wildman–Crippen LogP) is 2.20. The van der Waals surface area contributed by atoms with Gasteiger partial charge in [0.05, 0.1) is 0 Å². The number of carbonyl (C=O) groups is 4. The van der Waals surface area contributed by atoms with E-state index in [-0.39, 0.29) is 5.92 Å². The number of amides is 4. The Morgan fingerprint density at radius 3 is 2.06 bits per heavy atom. The van der Waals surface area contributed by atoms with Crippen molar-refractivity contribution in [2.75, 3.05) is 19.7 Å². The number of benzene rings is 2. The number of rotatable bonds is 9. The van der Waals surface area contributed by atoms with Crippen LogP contribution in [0.5, 0.6) is 0 Å². The largest absolute Gasteiger partial charge is 0.454 e. The van der Waals surface area contributed by atoms with Crippen molar-refractivity contribution in [2.24, 2.45) is 0 Å². The first-order chi connectivity index (χ1) is 15.3. The number of carbonyl (C=O) groups excluding carboxylic acids is 4. The molecule has 1 saturated heterocycles. The molecular formula is C24H27N3O5. The molecule has 8 heteroatoms. The maximum atomic E-state index is 12.1. The van der Waals surface area contributed by atoms with Gasteiger partial charge in [-0.2, -0.15) is 0 Å². The van der Waals surface area contributed by atoms with Gasteiger partial charge in [-0.25, -0.2) is 4.79 Å². The molecule has 2 aromatic carbocycles. The Morgan fingerprint density at radius 2 is 1.56 bits per heavy atom. The van der Waals surface area contributed by atoms with E-state index in [0.717, 1.165) is 16.0 Å². The van der Waals surface area contributed by atoms with Gasteiger partial charge in [-0.3, -0.25) is 19.3 Å². The number of imide groups is 1. The van der Waals surface area contributed by atoms with Crippen LogP contribution in [0.2, 0.25) is 0 Å². The Hall–Kier alpha value is -3.68. The molecule has 0 unspecified atom stereocenters. The molecule has 1 aliphatic heterocycles. The predicted molar refractivity (Wildman–Crippen MR) is 118 cm³/mol. The van der Waals surface area contributed by atoms with Crippen molar-refractivity contribution in [3.05, 3.63) is 71.8 Å². The lowest BCUT2D eigenvalue weighted by molar-refractivity contribution is -0.151. The molecule has 32 heavy (non-hydrogen) atoms. The summed E-state index contributed by atoms with van der Waals surface area (Å²) in [5, 5.41) is 5.24. The zero-order valence-electron chi connectivity index (χ0n) is 18.2. The number of nitrogens with zero attached hydrogens (tertiary/aromatic N) is 1. The molecule has 2 aromatic rings. The molecule has 3 rings (SSSR count). The fourth-order valence-electron chi connectivity index (χ4n) is 3.59. The van der Waals surface area contributed by atoms with Crippen molar-refractivity contribution < 1.29 is 23.9 Å². The molecular weight excluding hydrogens is 410 g/mol. The Balaban J connectivity index is 1.46. The van der Waals surface area contributed by atoms with Crippen LogP contribution in [0.25, 0.3) is 0 Å². The highest BCUT2D eigenvalue weighted by Gasteiger charge is 2.45. The van der Waals surface area contributed by atoms with Crippen LogP contribution in [0.4, 0.5) is 4.79 Å². The number of nitrogens with one attached hydrogen (secondary N) is 2. The van der Waals surface area contributed by atoms with Crippen LogP contribution in [-0.4, -0.2) is 54.0 Å². The molecule has 168 valence electrons. The maximum absolute atomic E-state index is 12.1. The van der Waals surface area contributed by atoms with Gasteiger partial charge in [-0.1, -0.05) is 60.7 Å². The summed E-state index contributed by atoms with van der Waals surface area (Å²) in [6.07, 6.45) is 0.672. The van der Waals surface area contributed by atoms with E-state index in [9.17, 15) is 19.2 Å². The van der Waals surface area contributed by atoms with E-state index in [0.29, 0.717) is 13.0 Å². The minimum Gasteiger partial charge on any atom is -0.454 e. The first-order valence-corrected chi connectivity index (χ1v) is 10.4. The number of esters is 1. The topological polar surface area (TPSA) is 105 Å². The van der Waals surface area contributed by atoms with Crippen molar-refractivity contribution in [3.63, 3.8) is 0 Å². The number of hydrogen-bond donors (Lipinski definition) is 2. The van der Waals surface area contributed by atoms with E-state index >= 15 is 0 Å². The SMILES string of the molecule is CC1(C)NC(=O)N(CC(=O)OCC(=O)NCCC(c2ccccc2)c2ccccc2)C1=O. The smallest absolute Gasteiger partial charge is 0.326 e. The quantitative estimate of drug-likeness (QED) is 0.462. The van der Waals surface area contributed by atoms with Crippen molar-refractivity contribution in [1.29, 1.82) is 0 Å². The lowest BCUT2D eigenvalue weighted by Gasteiger charge is -2.18. The summed E-state index contributed by atoms with van der Waals surface area (Å²) in [7, 11) is 0. The second-order valence-corrected chi connectivity index (χ2v) is 8.12. The average molecular weight is 437 g/mol. The van der Waals surface area contributed by atoms with Gasteiger partial charge in [0.2, 0.25) is 0 Å². The zero-order valence-corrected chi connectivity index (χ0v) is 18.2. The molecule has 0 saturated carbocycles. The molecule has 8 nitrogen and oxygen atoms in total. The lowest BCUT2D eigenvalue weighted by Crippen LogP contribution is -2.41. The summed E-state index contributed by atoms with van der Waals surface area (Å²) >= 11 is 0. The standard InChI is InChI=1S/C24H27N3O5/c1-24(2)22(30)27(23(31)26-24)15-21(29)32-16-20(28)25-14-13-19(17-9-5-3-6-10-17)18-11-7-4-8-12-18/h3-12,19H,13-16H2,1-2H3,(H,25,28)(H,26,31). The maximum Gasteiger partial charge on any atom is 0.326 e. The Morgan fingerprint density at radius 1 is 1.00 bits per heavy atom. The summed E-state index contributed by atoms with van der Waals surface area (Å²) in [6.45, 7) is 2.47. The Kier molecular flexibility index (Phi) is 7.25. The van der Waals surface area contributed by atoms with Gasteiger partial charge in [0.15, 0.2) is 6.61 Å². The Labute approximate surface area is 186 Å². The monoisotopic (exact) mass is 437 g/mol. The molecule has 0 atom stereocenters. The molecule has 0 aliphatic carbocycles. The van der Waals surface area contributed by atoms with Gasteiger partial charge in [0, 0.05) is 12.5 Å². The number of hydrogen-bond acceptors (Lipinski definition) is 5. The highest BCUT2D eigenvalue weighted by Crippen LogP contribution is 2.27. The summed E-state index contributed by atoms with van der Waals surface area (Å²) in [6, 6.07) is 19.4. The minimum atomic E-state index is -1.07. The fraction of sp³-hybridized carbons (Fsp3) is 0.333. The van der Waals surface area contributed by atoms with Crippen LogP contribution < -0.4 is 10.6 Å². The molecule has 0 spiro atoms. The van der Waals surface area contributed by atoms with Crippen molar-refractivity contribution in [1.82, 2.24) is 15.5 Å². The zero-order chi connectivity index (χ0) is 23.1. The van der Waals surface area contributed by atoms with Crippen LogP contribution in [0, 0.1) is 0 Å². The second kappa shape index (κ2) is 10.1. The molecule has 1 heterocycles. The van der Waals surface area contributed by atoms with Crippen LogP contribution >= 0.6 is 0 Å². The molecule has 4 amide bonds. The first kappa shape index (κ1) is 23.0. The molecule has 0 radical (unpaired) electrons. The summed E-state index contributed by atoms with van der Waals surface area (Å²) < 4.78 is 4.93. The summed E-state index contributed by atoms with van der Waals surface area (Å²) in [5.41, 5.74) is 1.23.